The first-order valence-corrected chi connectivity index (χ1v) is 7.14. The van der Waals surface area contributed by atoms with Crippen molar-refractivity contribution >= 4 is 27.8 Å². The van der Waals surface area contributed by atoms with Gasteiger partial charge in [-0.15, -0.1) is 0 Å². The van der Waals surface area contributed by atoms with Crippen LogP contribution < -0.4 is 4.74 Å². The third kappa shape index (κ3) is 2.95. The number of fused-ring (bicyclic) bond motifs is 1. The summed E-state index contributed by atoms with van der Waals surface area (Å²) in [5, 5.41) is 8.93. The van der Waals surface area contributed by atoms with Crippen molar-refractivity contribution < 1.29 is 19.4 Å². The molecule has 0 radical (unpaired) electrons. The number of carbonyl (C=O) groups excluding carboxylic acids is 1. The van der Waals surface area contributed by atoms with Gasteiger partial charge in [0.15, 0.2) is 0 Å². The fraction of sp³-hybridized carbons (Fsp3) is 0.429. The minimum atomic E-state index is -1.01. The summed E-state index contributed by atoms with van der Waals surface area (Å²) < 4.78 is 6.38. The van der Waals surface area contributed by atoms with Crippen LogP contribution in [0.3, 0.4) is 0 Å². The maximum Gasteiger partial charge on any atom is 0.323 e. The van der Waals surface area contributed by atoms with Gasteiger partial charge in [-0.3, -0.25) is 9.59 Å². The van der Waals surface area contributed by atoms with Gasteiger partial charge in [-0.25, -0.2) is 0 Å². The molecule has 1 heterocycles. The first kappa shape index (κ1) is 14.8. The summed E-state index contributed by atoms with van der Waals surface area (Å²) in [4.78, 5) is 24.8. The Morgan fingerprint density at radius 2 is 2.20 bits per heavy atom. The Morgan fingerprint density at radius 3 is 2.80 bits per heavy atom. The van der Waals surface area contributed by atoms with Crippen molar-refractivity contribution in [3.63, 3.8) is 0 Å². The Balaban J connectivity index is 2.26. The lowest BCUT2D eigenvalue weighted by Crippen LogP contribution is -2.43. The number of halogens is 1. The van der Waals surface area contributed by atoms with E-state index in [0.717, 1.165) is 10.0 Å². The smallest absolute Gasteiger partial charge is 0.323 e. The van der Waals surface area contributed by atoms with E-state index >= 15 is 0 Å². The first-order valence-electron chi connectivity index (χ1n) is 6.34. The quantitative estimate of drug-likeness (QED) is 0.911. The summed E-state index contributed by atoms with van der Waals surface area (Å²) in [6, 6.07) is 5.34. The Bertz CT molecular complexity index is 544. The van der Waals surface area contributed by atoms with Crippen molar-refractivity contribution in [2.24, 2.45) is 0 Å². The van der Waals surface area contributed by atoms with Crippen LogP contribution in [0.1, 0.15) is 25.3 Å². The molecule has 0 spiro atoms. The van der Waals surface area contributed by atoms with Crippen LogP contribution in [0, 0.1) is 0 Å². The van der Waals surface area contributed by atoms with Gasteiger partial charge in [0, 0.05) is 16.1 Å². The van der Waals surface area contributed by atoms with Gasteiger partial charge in [-0.1, -0.05) is 15.9 Å². The number of amides is 1. The molecule has 1 N–H and O–H groups in total. The number of benzene rings is 1. The predicted octanol–water partition coefficient (Wildman–Crippen LogP) is 2.25. The van der Waals surface area contributed by atoms with Gasteiger partial charge in [-0.05, 0) is 32.0 Å². The largest absolute Gasteiger partial charge is 0.492 e. The van der Waals surface area contributed by atoms with Gasteiger partial charge in [0.25, 0.3) is 0 Å². The normalized spacial score (nSPS) is 16.7. The van der Waals surface area contributed by atoms with E-state index in [9.17, 15) is 9.59 Å². The number of rotatable bonds is 4. The molecule has 1 atom stereocenters. The van der Waals surface area contributed by atoms with Gasteiger partial charge in [0.2, 0.25) is 5.91 Å². The Hall–Kier alpha value is -1.56. The van der Waals surface area contributed by atoms with Crippen molar-refractivity contribution in [1.29, 1.82) is 0 Å². The molecule has 2 rings (SSSR count). The van der Waals surface area contributed by atoms with E-state index in [1.165, 1.54) is 4.90 Å². The van der Waals surface area contributed by atoms with Crippen molar-refractivity contribution in [3.05, 3.63) is 28.2 Å². The molecule has 6 heteroatoms. The topological polar surface area (TPSA) is 66.8 Å². The van der Waals surface area contributed by atoms with Crippen LogP contribution in [-0.4, -0.2) is 41.1 Å². The van der Waals surface area contributed by atoms with Gasteiger partial charge in [0.05, 0.1) is 0 Å². The third-order valence-corrected chi connectivity index (χ3v) is 3.76. The molecule has 108 valence electrons. The third-order valence-electron chi connectivity index (χ3n) is 3.26. The number of aliphatic carboxylic acids is 1. The van der Waals surface area contributed by atoms with E-state index in [1.54, 1.807) is 13.8 Å². The van der Waals surface area contributed by atoms with Gasteiger partial charge >= 0.3 is 5.97 Å². The molecule has 0 bridgehead atoms. The second kappa shape index (κ2) is 5.83. The first-order chi connectivity index (χ1) is 9.40. The summed E-state index contributed by atoms with van der Waals surface area (Å²) in [6.45, 7) is 3.57. The molecule has 1 aromatic rings. The maximum absolute atomic E-state index is 12.6. The monoisotopic (exact) mass is 341 g/mol. The average molecular weight is 342 g/mol. The summed E-state index contributed by atoms with van der Waals surface area (Å²) in [7, 11) is 0. The molecule has 0 fully saturated rings. The van der Waals surface area contributed by atoms with Gasteiger partial charge < -0.3 is 14.7 Å². The zero-order valence-corrected chi connectivity index (χ0v) is 12.9. The average Bonchev–Trinajstić information content (AvgIpc) is 2.77. The van der Waals surface area contributed by atoms with E-state index in [4.69, 9.17) is 9.84 Å². The molecule has 1 aliphatic rings. The fourth-order valence-corrected chi connectivity index (χ4v) is 2.63. The Morgan fingerprint density at radius 1 is 1.50 bits per heavy atom. The molecule has 1 amide bonds. The van der Waals surface area contributed by atoms with Crippen molar-refractivity contribution in [2.75, 3.05) is 13.2 Å². The lowest BCUT2D eigenvalue weighted by molar-refractivity contribution is -0.146. The SMILES string of the molecule is CC(C)N(CC(=O)O)C(=O)C1COc2ccc(Br)cc21. The number of hydrogen-bond acceptors (Lipinski definition) is 3. The van der Waals surface area contributed by atoms with Crippen molar-refractivity contribution in [1.82, 2.24) is 4.90 Å². The number of carbonyl (C=O) groups is 2. The highest BCUT2D eigenvalue weighted by molar-refractivity contribution is 9.10. The zero-order chi connectivity index (χ0) is 14.9. The lowest BCUT2D eigenvalue weighted by atomic mass is 9.99. The molecular formula is C14H16BrNO4. The number of hydrogen-bond donors (Lipinski definition) is 1. The molecule has 0 aliphatic carbocycles. The molecule has 0 aromatic heterocycles. The van der Waals surface area contributed by atoms with Crippen LogP contribution in [-0.2, 0) is 9.59 Å². The summed E-state index contributed by atoms with van der Waals surface area (Å²) in [5.41, 5.74) is 0.806. The molecule has 5 nitrogen and oxygen atoms in total. The summed E-state index contributed by atoms with van der Waals surface area (Å²) in [5.74, 6) is -0.977. The molecule has 0 saturated heterocycles. The minimum Gasteiger partial charge on any atom is -0.492 e. The van der Waals surface area contributed by atoms with E-state index in [-0.39, 0.29) is 25.1 Å². The maximum atomic E-state index is 12.6. The Labute approximate surface area is 125 Å². The van der Waals surface area contributed by atoms with E-state index in [1.807, 2.05) is 18.2 Å². The minimum absolute atomic E-state index is 0.171. The number of carboxylic acid groups (broad SMARTS) is 1. The van der Waals surface area contributed by atoms with E-state index < -0.39 is 11.9 Å². The number of carboxylic acids is 1. The standard InChI is InChI=1S/C14H16BrNO4/c1-8(2)16(6-13(17)18)14(19)11-7-20-12-4-3-9(15)5-10(11)12/h3-5,8,11H,6-7H2,1-2H3,(H,17,18). The number of nitrogens with zero attached hydrogens (tertiary/aromatic N) is 1. The molecule has 0 saturated carbocycles. The Kier molecular flexibility index (Phi) is 4.32. The molecule has 1 aliphatic heterocycles. The molecule has 1 unspecified atom stereocenters. The van der Waals surface area contributed by atoms with Crippen molar-refractivity contribution in [3.8, 4) is 5.75 Å². The predicted molar refractivity (Wildman–Crippen MR) is 76.9 cm³/mol. The summed E-state index contributed by atoms with van der Waals surface area (Å²) in [6.07, 6.45) is 0. The highest BCUT2D eigenvalue weighted by atomic mass is 79.9. The lowest BCUT2D eigenvalue weighted by Gasteiger charge is -2.27. The van der Waals surface area contributed by atoms with Crippen LogP contribution in [0.4, 0.5) is 0 Å². The van der Waals surface area contributed by atoms with E-state index in [2.05, 4.69) is 15.9 Å². The second-order valence-electron chi connectivity index (χ2n) is 5.00. The molecule has 20 heavy (non-hydrogen) atoms. The summed E-state index contributed by atoms with van der Waals surface area (Å²) >= 11 is 3.37. The fourth-order valence-electron chi connectivity index (χ4n) is 2.25. The highest BCUT2D eigenvalue weighted by Gasteiger charge is 2.35. The van der Waals surface area contributed by atoms with Crippen molar-refractivity contribution in [2.45, 2.75) is 25.8 Å². The van der Waals surface area contributed by atoms with E-state index in [0.29, 0.717) is 5.75 Å². The highest BCUT2D eigenvalue weighted by Crippen LogP contribution is 2.37. The van der Waals surface area contributed by atoms with Crippen LogP contribution in [0.15, 0.2) is 22.7 Å². The van der Waals surface area contributed by atoms with Gasteiger partial charge in [-0.2, -0.15) is 0 Å². The molecular weight excluding hydrogens is 326 g/mol. The van der Waals surface area contributed by atoms with Gasteiger partial charge in [0.1, 0.15) is 24.8 Å². The van der Waals surface area contributed by atoms with Crippen LogP contribution in [0.25, 0.3) is 0 Å². The zero-order valence-electron chi connectivity index (χ0n) is 11.3. The van der Waals surface area contributed by atoms with Crippen LogP contribution in [0.2, 0.25) is 0 Å². The second-order valence-corrected chi connectivity index (χ2v) is 5.92. The van der Waals surface area contributed by atoms with Crippen LogP contribution in [0.5, 0.6) is 5.75 Å². The molecule has 1 aromatic carbocycles. The number of ether oxygens (including phenoxy) is 1. The van der Waals surface area contributed by atoms with Crippen LogP contribution >= 0.6 is 15.9 Å².